The van der Waals surface area contributed by atoms with E-state index in [1.807, 2.05) is 36.4 Å². The first-order valence-corrected chi connectivity index (χ1v) is 10.4. The summed E-state index contributed by atoms with van der Waals surface area (Å²) in [7, 11) is 0. The minimum atomic E-state index is -2.83. The van der Waals surface area contributed by atoms with E-state index < -0.39 is 12.7 Å². The maximum absolute atomic E-state index is 12.2. The predicted octanol–water partition coefficient (Wildman–Crippen LogP) is 6.23. The molecule has 0 fully saturated rings. The Bertz CT molecular complexity index is 1050. The van der Waals surface area contributed by atoms with Gasteiger partial charge in [-0.1, -0.05) is 72.8 Å². The number of hydrogen-bond acceptors (Lipinski definition) is 3. The molecule has 0 unspecified atom stereocenters. The first-order chi connectivity index (χ1) is 15.6. The zero-order chi connectivity index (χ0) is 22.3. The van der Waals surface area contributed by atoms with Crippen LogP contribution >= 0.6 is 0 Å². The SMILES string of the molecule is O=C(NCCC=Cc1ccc(OC(F)F)cc1)OCC1c2ccccc2-c2ccccc21. The smallest absolute Gasteiger partial charge is 0.407 e. The number of benzene rings is 3. The van der Waals surface area contributed by atoms with Gasteiger partial charge in [-0.05, 0) is 46.4 Å². The highest BCUT2D eigenvalue weighted by Gasteiger charge is 2.28. The van der Waals surface area contributed by atoms with Crippen molar-refractivity contribution in [2.75, 3.05) is 13.2 Å². The number of alkyl carbamates (subject to hydrolysis) is 1. The van der Waals surface area contributed by atoms with Gasteiger partial charge < -0.3 is 14.8 Å². The zero-order valence-electron chi connectivity index (χ0n) is 17.3. The molecule has 1 aliphatic carbocycles. The van der Waals surface area contributed by atoms with Gasteiger partial charge in [0.1, 0.15) is 12.4 Å². The lowest BCUT2D eigenvalue weighted by Crippen LogP contribution is -2.26. The van der Waals surface area contributed by atoms with Crippen LogP contribution in [0.25, 0.3) is 17.2 Å². The Morgan fingerprint density at radius 1 is 0.938 bits per heavy atom. The first kappa shape index (κ1) is 21.6. The highest BCUT2D eigenvalue weighted by atomic mass is 19.3. The molecule has 0 spiro atoms. The van der Waals surface area contributed by atoms with E-state index in [1.165, 1.54) is 34.4 Å². The van der Waals surface area contributed by atoms with Gasteiger partial charge in [0, 0.05) is 12.5 Å². The number of rotatable bonds is 8. The molecule has 1 aliphatic rings. The van der Waals surface area contributed by atoms with Crippen LogP contribution in [0, 0.1) is 0 Å². The second-order valence-electron chi connectivity index (χ2n) is 7.39. The number of hydrogen-bond donors (Lipinski definition) is 1. The van der Waals surface area contributed by atoms with Crippen molar-refractivity contribution < 1.29 is 23.0 Å². The number of alkyl halides is 2. The van der Waals surface area contributed by atoms with Gasteiger partial charge in [-0.15, -0.1) is 0 Å². The molecule has 164 valence electrons. The fourth-order valence-electron chi connectivity index (χ4n) is 3.89. The summed E-state index contributed by atoms with van der Waals surface area (Å²) in [5, 5.41) is 2.76. The Kier molecular flexibility index (Phi) is 6.80. The summed E-state index contributed by atoms with van der Waals surface area (Å²) < 4.78 is 34.2. The Morgan fingerprint density at radius 2 is 1.56 bits per heavy atom. The molecule has 0 aliphatic heterocycles. The van der Waals surface area contributed by atoms with Gasteiger partial charge in [0.05, 0.1) is 0 Å². The minimum Gasteiger partial charge on any atom is -0.449 e. The molecule has 0 atom stereocenters. The van der Waals surface area contributed by atoms with Crippen molar-refractivity contribution in [3.05, 3.63) is 95.6 Å². The maximum atomic E-state index is 12.2. The van der Waals surface area contributed by atoms with E-state index in [2.05, 4.69) is 34.3 Å². The quantitative estimate of drug-likeness (QED) is 0.427. The number of fused-ring (bicyclic) bond motifs is 3. The van der Waals surface area contributed by atoms with E-state index in [4.69, 9.17) is 4.74 Å². The maximum Gasteiger partial charge on any atom is 0.407 e. The van der Waals surface area contributed by atoms with Gasteiger partial charge in [0.2, 0.25) is 0 Å². The van der Waals surface area contributed by atoms with Crippen LogP contribution in [-0.2, 0) is 4.74 Å². The molecule has 32 heavy (non-hydrogen) atoms. The van der Waals surface area contributed by atoms with E-state index >= 15 is 0 Å². The Labute approximate surface area is 185 Å². The van der Waals surface area contributed by atoms with Gasteiger partial charge in [0.15, 0.2) is 0 Å². The zero-order valence-corrected chi connectivity index (χ0v) is 17.3. The average Bonchev–Trinajstić information content (AvgIpc) is 3.12. The Hall–Kier alpha value is -3.67. The van der Waals surface area contributed by atoms with Gasteiger partial charge in [-0.3, -0.25) is 0 Å². The van der Waals surface area contributed by atoms with E-state index in [-0.39, 0.29) is 18.3 Å². The third-order valence-electron chi connectivity index (χ3n) is 5.34. The number of ether oxygens (including phenoxy) is 2. The summed E-state index contributed by atoms with van der Waals surface area (Å²) in [4.78, 5) is 12.1. The highest BCUT2D eigenvalue weighted by molar-refractivity contribution is 5.79. The monoisotopic (exact) mass is 435 g/mol. The van der Waals surface area contributed by atoms with Crippen LogP contribution in [0.15, 0.2) is 78.9 Å². The van der Waals surface area contributed by atoms with Crippen LogP contribution < -0.4 is 10.1 Å². The van der Waals surface area contributed by atoms with Crippen molar-refractivity contribution in [1.82, 2.24) is 5.32 Å². The van der Waals surface area contributed by atoms with Crippen molar-refractivity contribution in [1.29, 1.82) is 0 Å². The molecule has 1 amide bonds. The summed E-state index contributed by atoms with van der Waals surface area (Å²) in [6.45, 7) is -2.12. The minimum absolute atomic E-state index is 0.0325. The molecule has 0 saturated carbocycles. The molecular weight excluding hydrogens is 412 g/mol. The summed E-state index contributed by atoms with van der Waals surface area (Å²) in [6.07, 6.45) is 3.91. The topological polar surface area (TPSA) is 47.6 Å². The molecule has 6 heteroatoms. The van der Waals surface area contributed by atoms with Crippen molar-refractivity contribution in [3.8, 4) is 16.9 Å². The number of nitrogens with one attached hydrogen (secondary N) is 1. The summed E-state index contributed by atoms with van der Waals surface area (Å²) in [5.41, 5.74) is 5.59. The summed E-state index contributed by atoms with van der Waals surface area (Å²) >= 11 is 0. The van der Waals surface area contributed by atoms with Gasteiger partial charge >= 0.3 is 12.7 Å². The molecule has 0 radical (unpaired) electrons. The fraction of sp³-hybridized carbons (Fsp3) is 0.192. The third kappa shape index (κ3) is 5.14. The van der Waals surface area contributed by atoms with Crippen LogP contribution in [0.1, 0.15) is 29.0 Å². The van der Waals surface area contributed by atoms with E-state index in [0.717, 1.165) is 5.56 Å². The molecule has 1 N–H and O–H groups in total. The molecule has 0 bridgehead atoms. The van der Waals surface area contributed by atoms with E-state index in [9.17, 15) is 13.6 Å². The summed E-state index contributed by atoms with van der Waals surface area (Å²) in [5.74, 6) is 0.152. The molecule has 4 rings (SSSR count). The van der Waals surface area contributed by atoms with Crippen molar-refractivity contribution in [3.63, 3.8) is 0 Å². The standard InChI is InChI=1S/C26H23F2NO3/c27-25(28)32-19-14-12-18(13-15-19)7-5-6-16-29-26(30)31-17-24-22-10-3-1-8-20(22)21-9-2-4-11-23(21)24/h1-5,7-15,24-25H,6,16-17H2,(H,29,30). The predicted molar refractivity (Wildman–Crippen MR) is 120 cm³/mol. The van der Waals surface area contributed by atoms with E-state index in [1.54, 1.807) is 12.1 Å². The van der Waals surface area contributed by atoms with Crippen LogP contribution in [0.2, 0.25) is 0 Å². The van der Waals surface area contributed by atoms with Crippen molar-refractivity contribution in [2.45, 2.75) is 19.0 Å². The van der Waals surface area contributed by atoms with Crippen LogP contribution in [0.4, 0.5) is 13.6 Å². The molecule has 0 heterocycles. The number of halogens is 2. The number of carbonyl (C=O) groups excluding carboxylic acids is 1. The number of carbonyl (C=O) groups is 1. The lowest BCUT2D eigenvalue weighted by Gasteiger charge is -2.14. The van der Waals surface area contributed by atoms with Crippen LogP contribution in [0.5, 0.6) is 5.75 Å². The second kappa shape index (κ2) is 10.1. The Morgan fingerprint density at radius 3 is 2.19 bits per heavy atom. The molecule has 4 nitrogen and oxygen atoms in total. The van der Waals surface area contributed by atoms with Crippen molar-refractivity contribution in [2.24, 2.45) is 0 Å². The average molecular weight is 435 g/mol. The highest BCUT2D eigenvalue weighted by Crippen LogP contribution is 2.44. The molecule has 3 aromatic rings. The third-order valence-corrected chi connectivity index (χ3v) is 5.34. The molecular formula is C26H23F2NO3. The molecule has 0 saturated heterocycles. The lowest BCUT2D eigenvalue weighted by molar-refractivity contribution is -0.0498. The van der Waals surface area contributed by atoms with Gasteiger partial charge in [-0.25, -0.2) is 4.79 Å². The summed E-state index contributed by atoms with van der Waals surface area (Å²) in [6, 6.07) is 22.8. The van der Waals surface area contributed by atoms with Crippen LogP contribution in [0.3, 0.4) is 0 Å². The second-order valence-corrected chi connectivity index (χ2v) is 7.39. The number of amides is 1. The normalized spacial score (nSPS) is 12.6. The Balaban J connectivity index is 1.23. The van der Waals surface area contributed by atoms with Crippen molar-refractivity contribution >= 4 is 12.2 Å². The van der Waals surface area contributed by atoms with Crippen LogP contribution in [-0.4, -0.2) is 25.9 Å². The van der Waals surface area contributed by atoms with Gasteiger partial charge in [0.25, 0.3) is 0 Å². The largest absolute Gasteiger partial charge is 0.449 e. The first-order valence-electron chi connectivity index (χ1n) is 10.4. The molecule has 3 aromatic carbocycles. The fourth-order valence-corrected chi connectivity index (χ4v) is 3.89. The molecule has 0 aromatic heterocycles. The lowest BCUT2D eigenvalue weighted by atomic mass is 9.98. The van der Waals surface area contributed by atoms with E-state index in [0.29, 0.717) is 13.0 Å². The van der Waals surface area contributed by atoms with Gasteiger partial charge in [-0.2, -0.15) is 8.78 Å².